The summed E-state index contributed by atoms with van der Waals surface area (Å²) in [6.07, 6.45) is 1.77. The quantitative estimate of drug-likeness (QED) is 0.774. The number of rotatable bonds is 5. The minimum Gasteiger partial charge on any atom is -0.497 e. The number of fused-ring (bicyclic) bond motifs is 1. The molecule has 0 unspecified atom stereocenters. The van der Waals surface area contributed by atoms with Crippen molar-refractivity contribution < 1.29 is 23.7 Å². The van der Waals surface area contributed by atoms with Gasteiger partial charge in [-0.1, -0.05) is 0 Å². The van der Waals surface area contributed by atoms with Gasteiger partial charge in [-0.25, -0.2) is 4.99 Å². The molecule has 2 aromatic carbocycles. The van der Waals surface area contributed by atoms with Gasteiger partial charge in [0.2, 0.25) is 6.79 Å². The molecule has 144 valence electrons. The lowest BCUT2D eigenvalue weighted by molar-refractivity contribution is -0.115. The van der Waals surface area contributed by atoms with Crippen LogP contribution in [0.5, 0.6) is 23.0 Å². The lowest BCUT2D eigenvalue weighted by Gasteiger charge is -2.09. The van der Waals surface area contributed by atoms with Crippen molar-refractivity contribution in [3.8, 4) is 23.0 Å². The number of benzene rings is 2. The predicted octanol–water partition coefficient (Wildman–Crippen LogP) is 3.71. The first kappa shape index (κ1) is 18.2. The first-order valence-electron chi connectivity index (χ1n) is 8.66. The van der Waals surface area contributed by atoms with E-state index < -0.39 is 0 Å². The highest BCUT2D eigenvalue weighted by Gasteiger charge is 2.25. The Morgan fingerprint density at radius 1 is 1.21 bits per heavy atom. The van der Waals surface area contributed by atoms with Crippen molar-refractivity contribution >= 4 is 34.6 Å². The molecular weight excluding hydrogens is 380 g/mol. The third-order valence-corrected chi connectivity index (χ3v) is 4.96. The SMILES string of the molecule is CCOc1cc2c(cc1/C=C1/SC(=Nc3ccc(OC)cc3)NC1=O)OCO2. The number of aliphatic imine (C=N–C) groups is 1. The van der Waals surface area contributed by atoms with Gasteiger partial charge in [-0.05, 0) is 55.1 Å². The second kappa shape index (κ2) is 7.85. The van der Waals surface area contributed by atoms with Gasteiger partial charge in [0, 0.05) is 11.6 Å². The standard InChI is InChI=1S/C20H18N2O5S/c1-3-25-15-10-17-16(26-11-27-17)8-12(15)9-18-19(23)22-20(28-18)21-13-4-6-14(24-2)7-5-13/h4-10H,3,11H2,1-2H3,(H,21,22,23)/b18-9+. The average molecular weight is 398 g/mol. The molecule has 2 heterocycles. The number of hydrogen-bond donors (Lipinski definition) is 1. The summed E-state index contributed by atoms with van der Waals surface area (Å²) < 4.78 is 21.7. The molecule has 0 radical (unpaired) electrons. The van der Waals surface area contributed by atoms with Crippen molar-refractivity contribution in [3.05, 3.63) is 46.9 Å². The molecule has 0 aromatic heterocycles. The number of amidine groups is 1. The molecule has 1 amide bonds. The highest BCUT2D eigenvalue weighted by molar-refractivity contribution is 8.18. The van der Waals surface area contributed by atoms with E-state index in [0.717, 1.165) is 17.0 Å². The topological polar surface area (TPSA) is 78.4 Å². The molecule has 0 aliphatic carbocycles. The predicted molar refractivity (Wildman–Crippen MR) is 108 cm³/mol. The van der Waals surface area contributed by atoms with Crippen molar-refractivity contribution in [2.45, 2.75) is 6.92 Å². The second-order valence-corrected chi connectivity index (χ2v) is 6.89. The van der Waals surface area contributed by atoms with Gasteiger partial charge in [0.05, 0.1) is 24.3 Å². The second-order valence-electron chi connectivity index (χ2n) is 5.86. The summed E-state index contributed by atoms with van der Waals surface area (Å²) in [6, 6.07) is 10.9. The van der Waals surface area contributed by atoms with E-state index in [9.17, 15) is 4.79 Å². The van der Waals surface area contributed by atoms with Crippen molar-refractivity contribution in [2.24, 2.45) is 4.99 Å². The van der Waals surface area contributed by atoms with E-state index in [4.69, 9.17) is 18.9 Å². The van der Waals surface area contributed by atoms with Crippen LogP contribution in [0, 0.1) is 0 Å². The van der Waals surface area contributed by atoms with Crippen LogP contribution in [0.1, 0.15) is 12.5 Å². The van der Waals surface area contributed by atoms with E-state index >= 15 is 0 Å². The maximum Gasteiger partial charge on any atom is 0.264 e. The van der Waals surface area contributed by atoms with Gasteiger partial charge in [-0.3, -0.25) is 4.79 Å². The van der Waals surface area contributed by atoms with Crippen LogP contribution in [0.2, 0.25) is 0 Å². The molecule has 2 aliphatic heterocycles. The van der Waals surface area contributed by atoms with E-state index in [1.807, 2.05) is 37.3 Å². The van der Waals surface area contributed by atoms with E-state index in [2.05, 4.69) is 10.3 Å². The van der Waals surface area contributed by atoms with Crippen LogP contribution >= 0.6 is 11.8 Å². The van der Waals surface area contributed by atoms with Gasteiger partial charge >= 0.3 is 0 Å². The summed E-state index contributed by atoms with van der Waals surface area (Å²) in [5, 5.41) is 3.30. The molecule has 28 heavy (non-hydrogen) atoms. The van der Waals surface area contributed by atoms with Crippen LogP contribution in [0.4, 0.5) is 5.69 Å². The molecule has 1 fully saturated rings. The zero-order valence-electron chi connectivity index (χ0n) is 15.4. The van der Waals surface area contributed by atoms with Gasteiger partial charge in [-0.2, -0.15) is 0 Å². The molecule has 0 saturated carbocycles. The monoisotopic (exact) mass is 398 g/mol. The fraction of sp³-hybridized carbons (Fsp3) is 0.200. The minimum absolute atomic E-state index is 0.175. The van der Waals surface area contributed by atoms with Crippen LogP contribution in [-0.4, -0.2) is 31.6 Å². The lowest BCUT2D eigenvalue weighted by Crippen LogP contribution is -2.19. The Balaban J connectivity index is 1.60. The summed E-state index contributed by atoms with van der Waals surface area (Å²) in [6.45, 7) is 2.58. The number of thioether (sulfide) groups is 1. The third kappa shape index (κ3) is 3.77. The van der Waals surface area contributed by atoms with Crippen molar-refractivity contribution in [1.29, 1.82) is 0 Å². The van der Waals surface area contributed by atoms with E-state index in [1.165, 1.54) is 11.8 Å². The van der Waals surface area contributed by atoms with Crippen LogP contribution in [0.25, 0.3) is 6.08 Å². The van der Waals surface area contributed by atoms with E-state index in [-0.39, 0.29) is 12.7 Å². The first-order chi connectivity index (χ1) is 13.7. The Morgan fingerprint density at radius 2 is 1.96 bits per heavy atom. The van der Waals surface area contributed by atoms with Crippen LogP contribution < -0.4 is 24.3 Å². The molecule has 2 aliphatic rings. The Hall–Kier alpha value is -3.13. The molecule has 1 saturated heterocycles. The maximum atomic E-state index is 12.4. The number of nitrogens with zero attached hydrogens (tertiary/aromatic N) is 1. The average Bonchev–Trinajstić information content (AvgIpc) is 3.29. The number of hydrogen-bond acceptors (Lipinski definition) is 7. The minimum atomic E-state index is -0.211. The van der Waals surface area contributed by atoms with Crippen molar-refractivity contribution in [1.82, 2.24) is 5.32 Å². The summed E-state index contributed by atoms with van der Waals surface area (Å²) in [7, 11) is 1.61. The fourth-order valence-electron chi connectivity index (χ4n) is 2.73. The van der Waals surface area contributed by atoms with Crippen molar-refractivity contribution in [2.75, 3.05) is 20.5 Å². The fourth-order valence-corrected chi connectivity index (χ4v) is 3.56. The number of carbonyl (C=O) groups excluding carboxylic acids is 1. The lowest BCUT2D eigenvalue weighted by atomic mass is 10.1. The normalized spacial score (nSPS) is 17.9. The van der Waals surface area contributed by atoms with Crippen LogP contribution in [0.3, 0.4) is 0 Å². The van der Waals surface area contributed by atoms with Crippen molar-refractivity contribution in [3.63, 3.8) is 0 Å². The zero-order valence-corrected chi connectivity index (χ0v) is 16.2. The number of nitrogens with one attached hydrogen (secondary N) is 1. The maximum absolute atomic E-state index is 12.4. The Kier molecular flexibility index (Phi) is 5.12. The highest BCUT2D eigenvalue weighted by atomic mass is 32.2. The van der Waals surface area contributed by atoms with Crippen LogP contribution in [-0.2, 0) is 4.79 Å². The number of ether oxygens (including phenoxy) is 4. The Bertz CT molecular complexity index is 969. The summed E-state index contributed by atoms with van der Waals surface area (Å²) in [5.41, 5.74) is 1.47. The molecule has 0 spiro atoms. The van der Waals surface area contributed by atoms with Gasteiger partial charge in [0.1, 0.15) is 11.5 Å². The molecule has 1 N–H and O–H groups in total. The number of amides is 1. The van der Waals surface area contributed by atoms with E-state index in [1.54, 1.807) is 19.3 Å². The van der Waals surface area contributed by atoms with Gasteiger partial charge < -0.3 is 24.3 Å². The zero-order chi connectivity index (χ0) is 19.5. The smallest absolute Gasteiger partial charge is 0.264 e. The molecule has 0 bridgehead atoms. The first-order valence-corrected chi connectivity index (χ1v) is 9.48. The highest BCUT2D eigenvalue weighted by Crippen LogP contribution is 2.40. The Labute approximate surface area is 166 Å². The van der Waals surface area contributed by atoms with Crippen LogP contribution in [0.15, 0.2) is 46.3 Å². The largest absolute Gasteiger partial charge is 0.497 e. The molecule has 2 aromatic rings. The number of methoxy groups -OCH3 is 1. The Morgan fingerprint density at radius 3 is 2.68 bits per heavy atom. The number of carbonyl (C=O) groups is 1. The third-order valence-electron chi connectivity index (χ3n) is 4.05. The van der Waals surface area contributed by atoms with E-state index in [0.29, 0.717) is 33.9 Å². The summed E-state index contributed by atoms with van der Waals surface area (Å²) >= 11 is 1.27. The van der Waals surface area contributed by atoms with Gasteiger partial charge in [-0.15, -0.1) is 0 Å². The summed E-state index contributed by atoms with van der Waals surface area (Å²) in [4.78, 5) is 17.4. The molecule has 7 nitrogen and oxygen atoms in total. The molecular formula is C20H18N2O5S. The summed E-state index contributed by atoms with van der Waals surface area (Å²) in [5.74, 6) is 2.44. The molecule has 0 atom stereocenters. The van der Waals surface area contributed by atoms with Gasteiger partial charge in [0.15, 0.2) is 16.7 Å². The molecule has 4 rings (SSSR count). The molecule has 8 heteroatoms. The van der Waals surface area contributed by atoms with Gasteiger partial charge in [0.25, 0.3) is 5.91 Å².